The molecule has 0 spiro atoms. The Morgan fingerprint density at radius 2 is 2.09 bits per heavy atom. The number of carbonyl (C=O) groups excluding carboxylic acids is 2. The number of thiophene rings is 1. The summed E-state index contributed by atoms with van der Waals surface area (Å²) in [7, 11) is 1.68. The Morgan fingerprint density at radius 3 is 2.64 bits per heavy atom. The smallest absolute Gasteiger partial charge is 0.239 e. The minimum Gasteiger partial charge on any atom is -0.352 e. The van der Waals surface area contributed by atoms with Crippen LogP contribution in [-0.2, 0) is 16.1 Å². The van der Waals surface area contributed by atoms with E-state index in [0.29, 0.717) is 12.6 Å². The Morgan fingerprint density at radius 1 is 1.36 bits per heavy atom. The van der Waals surface area contributed by atoms with E-state index in [1.165, 1.54) is 9.78 Å². The van der Waals surface area contributed by atoms with E-state index in [1.807, 2.05) is 13.0 Å². The summed E-state index contributed by atoms with van der Waals surface area (Å²) in [6.45, 7) is 4.05. The molecule has 1 aromatic heterocycles. The highest BCUT2D eigenvalue weighted by Gasteiger charge is 2.24. The van der Waals surface area contributed by atoms with Crippen molar-refractivity contribution in [1.29, 1.82) is 0 Å². The number of hydrogen-bond donors (Lipinski definition) is 1. The van der Waals surface area contributed by atoms with Gasteiger partial charge < -0.3 is 10.2 Å². The molecule has 122 valence electrons. The van der Waals surface area contributed by atoms with Gasteiger partial charge in [0.25, 0.3) is 0 Å². The SMILES string of the molecule is CCN(CC(=O)N(C)CC(=O)NC1CC1)Cc1ccc(Br)s1. The number of amides is 2. The topological polar surface area (TPSA) is 52.7 Å². The van der Waals surface area contributed by atoms with Crippen LogP contribution in [0.4, 0.5) is 0 Å². The van der Waals surface area contributed by atoms with Crippen molar-refractivity contribution in [3.63, 3.8) is 0 Å². The van der Waals surface area contributed by atoms with Crippen molar-refractivity contribution in [3.05, 3.63) is 20.8 Å². The fourth-order valence-electron chi connectivity index (χ4n) is 2.05. The van der Waals surface area contributed by atoms with Crippen LogP contribution in [0, 0.1) is 0 Å². The van der Waals surface area contributed by atoms with Crippen LogP contribution in [0.15, 0.2) is 15.9 Å². The van der Waals surface area contributed by atoms with Crippen LogP contribution < -0.4 is 5.32 Å². The van der Waals surface area contributed by atoms with Crippen molar-refractivity contribution in [2.45, 2.75) is 32.4 Å². The molecule has 0 aliphatic heterocycles. The second-order valence-corrected chi connectivity index (χ2v) is 8.15. The molecular weight excluding hydrogens is 366 g/mol. The average Bonchev–Trinajstić information content (AvgIpc) is 3.18. The highest BCUT2D eigenvalue weighted by Crippen LogP contribution is 2.23. The third-order valence-electron chi connectivity index (χ3n) is 3.56. The molecule has 1 heterocycles. The van der Waals surface area contributed by atoms with Gasteiger partial charge in [-0.2, -0.15) is 0 Å². The highest BCUT2D eigenvalue weighted by atomic mass is 79.9. The minimum atomic E-state index is -0.0661. The molecule has 22 heavy (non-hydrogen) atoms. The zero-order valence-electron chi connectivity index (χ0n) is 13.0. The summed E-state index contributed by atoms with van der Waals surface area (Å²) in [6.07, 6.45) is 2.12. The molecule has 1 N–H and O–H groups in total. The summed E-state index contributed by atoms with van der Waals surface area (Å²) in [5, 5.41) is 2.90. The largest absolute Gasteiger partial charge is 0.352 e. The summed E-state index contributed by atoms with van der Waals surface area (Å²) >= 11 is 5.13. The fraction of sp³-hybridized carbons (Fsp3) is 0.600. The standard InChI is InChI=1S/C15H22BrN3O2S/c1-3-19(8-12-6-7-13(16)22-12)10-15(21)18(2)9-14(20)17-11-4-5-11/h6-7,11H,3-5,8-10H2,1-2H3,(H,17,20). The first kappa shape index (κ1) is 17.4. The van der Waals surface area contributed by atoms with Gasteiger partial charge in [0.1, 0.15) is 0 Å². The van der Waals surface area contributed by atoms with E-state index in [2.05, 4.69) is 32.2 Å². The van der Waals surface area contributed by atoms with Crippen molar-refractivity contribution >= 4 is 39.1 Å². The molecule has 1 aromatic rings. The van der Waals surface area contributed by atoms with Crippen LogP contribution >= 0.6 is 27.3 Å². The van der Waals surface area contributed by atoms with Gasteiger partial charge >= 0.3 is 0 Å². The van der Waals surface area contributed by atoms with Gasteiger partial charge in [-0.15, -0.1) is 11.3 Å². The van der Waals surface area contributed by atoms with Crippen LogP contribution in [0.2, 0.25) is 0 Å². The Kier molecular flexibility index (Phi) is 6.40. The molecule has 1 aliphatic rings. The van der Waals surface area contributed by atoms with Gasteiger partial charge in [0.2, 0.25) is 11.8 Å². The first-order valence-electron chi connectivity index (χ1n) is 7.47. The lowest BCUT2D eigenvalue weighted by atomic mass is 10.3. The lowest BCUT2D eigenvalue weighted by Gasteiger charge is -2.23. The highest BCUT2D eigenvalue weighted by molar-refractivity contribution is 9.11. The van der Waals surface area contributed by atoms with E-state index in [1.54, 1.807) is 18.4 Å². The first-order valence-corrected chi connectivity index (χ1v) is 9.08. The average molecular weight is 388 g/mol. The quantitative estimate of drug-likeness (QED) is 0.742. The number of rotatable bonds is 8. The molecule has 7 heteroatoms. The van der Waals surface area contributed by atoms with Crippen LogP contribution in [0.25, 0.3) is 0 Å². The number of likely N-dealkylation sites (N-methyl/N-ethyl adjacent to an activating group) is 2. The van der Waals surface area contributed by atoms with Gasteiger partial charge in [0.05, 0.1) is 16.9 Å². The van der Waals surface area contributed by atoms with E-state index in [0.717, 1.165) is 29.7 Å². The molecule has 0 unspecified atom stereocenters. The van der Waals surface area contributed by atoms with Crippen LogP contribution in [0.5, 0.6) is 0 Å². The van der Waals surface area contributed by atoms with Gasteiger partial charge in [-0.25, -0.2) is 0 Å². The number of nitrogens with zero attached hydrogens (tertiary/aromatic N) is 2. The van der Waals surface area contributed by atoms with E-state index in [-0.39, 0.29) is 18.4 Å². The maximum Gasteiger partial charge on any atom is 0.239 e. The maximum atomic E-state index is 12.2. The molecule has 1 fully saturated rings. The molecule has 1 saturated carbocycles. The Bertz CT molecular complexity index is 531. The van der Waals surface area contributed by atoms with Crippen molar-refractivity contribution in [2.75, 3.05) is 26.7 Å². The van der Waals surface area contributed by atoms with Gasteiger partial charge in [-0.3, -0.25) is 14.5 Å². The predicted molar refractivity (Wildman–Crippen MR) is 91.8 cm³/mol. The molecule has 0 aromatic carbocycles. The third kappa shape index (κ3) is 5.70. The number of hydrogen-bond acceptors (Lipinski definition) is 4. The van der Waals surface area contributed by atoms with Gasteiger partial charge in [0, 0.05) is 24.5 Å². The fourth-order valence-corrected chi connectivity index (χ4v) is 3.58. The van der Waals surface area contributed by atoms with Crippen molar-refractivity contribution in [1.82, 2.24) is 15.1 Å². The summed E-state index contributed by atoms with van der Waals surface area (Å²) in [5.74, 6) is -0.0907. The zero-order valence-corrected chi connectivity index (χ0v) is 15.4. The van der Waals surface area contributed by atoms with Gasteiger partial charge in [-0.05, 0) is 47.4 Å². The van der Waals surface area contributed by atoms with Crippen LogP contribution in [0.1, 0.15) is 24.6 Å². The molecule has 2 amide bonds. The lowest BCUT2D eigenvalue weighted by molar-refractivity contribution is -0.135. The lowest BCUT2D eigenvalue weighted by Crippen LogP contribution is -2.43. The zero-order chi connectivity index (χ0) is 16.1. The van der Waals surface area contributed by atoms with Crippen molar-refractivity contribution < 1.29 is 9.59 Å². The number of nitrogens with one attached hydrogen (secondary N) is 1. The summed E-state index contributed by atoms with van der Waals surface area (Å²) in [6, 6.07) is 4.42. The summed E-state index contributed by atoms with van der Waals surface area (Å²) in [5.41, 5.74) is 0. The van der Waals surface area contributed by atoms with Crippen LogP contribution in [-0.4, -0.2) is 54.3 Å². The summed E-state index contributed by atoms with van der Waals surface area (Å²) < 4.78 is 1.10. The van der Waals surface area contributed by atoms with Gasteiger partial charge in [0.15, 0.2) is 0 Å². The molecule has 0 radical (unpaired) electrons. The van der Waals surface area contributed by atoms with Crippen molar-refractivity contribution in [2.24, 2.45) is 0 Å². The molecular formula is C15H22BrN3O2S. The number of halogens is 1. The van der Waals surface area contributed by atoms with Crippen molar-refractivity contribution in [3.8, 4) is 0 Å². The van der Waals surface area contributed by atoms with Crippen LogP contribution in [0.3, 0.4) is 0 Å². The number of carbonyl (C=O) groups is 2. The monoisotopic (exact) mass is 387 g/mol. The van der Waals surface area contributed by atoms with E-state index in [4.69, 9.17) is 0 Å². The molecule has 0 bridgehead atoms. The predicted octanol–water partition coefficient (Wildman–Crippen LogP) is 2.07. The second kappa shape index (κ2) is 8.08. The van der Waals surface area contributed by atoms with E-state index >= 15 is 0 Å². The molecule has 0 atom stereocenters. The van der Waals surface area contributed by atoms with Gasteiger partial charge in [-0.1, -0.05) is 6.92 Å². The second-order valence-electron chi connectivity index (χ2n) is 5.60. The summed E-state index contributed by atoms with van der Waals surface area (Å²) in [4.78, 5) is 28.8. The maximum absolute atomic E-state index is 12.2. The molecule has 0 saturated heterocycles. The molecule has 2 rings (SSSR count). The van der Waals surface area contributed by atoms with E-state index < -0.39 is 0 Å². The third-order valence-corrected chi connectivity index (χ3v) is 5.17. The molecule has 1 aliphatic carbocycles. The normalized spacial score (nSPS) is 14.2. The first-order chi connectivity index (χ1) is 10.5. The minimum absolute atomic E-state index is 0.0246. The molecule has 5 nitrogen and oxygen atoms in total. The Labute approximate surface area is 143 Å². The Balaban J connectivity index is 1.78. The Hall–Kier alpha value is -0.920. The van der Waals surface area contributed by atoms with E-state index in [9.17, 15) is 9.59 Å².